The van der Waals surface area contributed by atoms with Crippen molar-refractivity contribution >= 4 is 5.91 Å². The molecule has 122 valence electrons. The van der Waals surface area contributed by atoms with Crippen molar-refractivity contribution in [1.29, 1.82) is 0 Å². The van der Waals surface area contributed by atoms with Gasteiger partial charge in [-0.2, -0.15) is 0 Å². The Bertz CT molecular complexity index is 722. The topological polar surface area (TPSA) is 109 Å². The number of H-pyrrole nitrogens is 2. The highest BCUT2D eigenvalue weighted by Crippen LogP contribution is 2.17. The van der Waals surface area contributed by atoms with Crippen molar-refractivity contribution in [1.82, 2.24) is 20.3 Å². The van der Waals surface area contributed by atoms with Gasteiger partial charge in [-0.1, -0.05) is 0 Å². The molecule has 0 radical (unpaired) electrons. The molecule has 0 unspecified atom stereocenters. The van der Waals surface area contributed by atoms with Crippen molar-refractivity contribution in [3.8, 4) is 5.75 Å². The molecule has 0 bridgehead atoms. The maximum Gasteiger partial charge on any atom is 0.323 e. The zero-order chi connectivity index (χ0) is 16.2. The lowest BCUT2D eigenvalue weighted by Gasteiger charge is -2.32. The maximum atomic E-state index is 12.2. The molecule has 1 fully saturated rings. The molecule has 1 aliphatic rings. The summed E-state index contributed by atoms with van der Waals surface area (Å²) in [6.07, 6.45) is 3.30. The Morgan fingerprint density at radius 1 is 1.48 bits per heavy atom. The van der Waals surface area contributed by atoms with E-state index >= 15 is 0 Å². The van der Waals surface area contributed by atoms with Crippen LogP contribution in [0.3, 0.4) is 0 Å². The first kappa shape index (κ1) is 15.3. The van der Waals surface area contributed by atoms with Crippen molar-refractivity contribution in [2.45, 2.75) is 25.5 Å². The number of imidazole rings is 1. The van der Waals surface area contributed by atoms with E-state index in [0.29, 0.717) is 25.4 Å². The number of ether oxygens (including phenoxy) is 2. The molecule has 2 aromatic heterocycles. The van der Waals surface area contributed by atoms with E-state index in [1.807, 2.05) is 19.1 Å². The van der Waals surface area contributed by atoms with E-state index in [2.05, 4.69) is 20.3 Å². The molecule has 0 saturated carbocycles. The third-order valence-electron chi connectivity index (χ3n) is 3.63. The highest BCUT2D eigenvalue weighted by atomic mass is 16.5. The number of hydrogen-bond donors (Lipinski definition) is 3. The molecule has 3 N–H and O–H groups in total. The third kappa shape index (κ3) is 3.78. The van der Waals surface area contributed by atoms with Gasteiger partial charge in [0, 0.05) is 18.5 Å². The Labute approximate surface area is 132 Å². The number of aryl methyl sites for hydroxylation is 1. The minimum Gasteiger partial charge on any atom is -0.484 e. The first-order valence-corrected chi connectivity index (χ1v) is 7.37. The average molecular weight is 318 g/mol. The van der Waals surface area contributed by atoms with Gasteiger partial charge in [0.1, 0.15) is 17.5 Å². The number of nitrogens with zero attached hydrogens (tertiary/aromatic N) is 1. The van der Waals surface area contributed by atoms with Gasteiger partial charge >= 0.3 is 5.69 Å². The summed E-state index contributed by atoms with van der Waals surface area (Å²) in [7, 11) is 0. The SMILES string of the molecule is Cc1ccc(O[C@H]2COCC[C@H]2NC(=O)c2c[nH]c(=O)[nH]2)cn1. The molecule has 8 heteroatoms. The molecule has 1 aliphatic heterocycles. The first-order chi connectivity index (χ1) is 11.1. The first-order valence-electron chi connectivity index (χ1n) is 7.37. The van der Waals surface area contributed by atoms with Crippen LogP contribution in [0.2, 0.25) is 0 Å². The van der Waals surface area contributed by atoms with Crippen LogP contribution in [0, 0.1) is 6.92 Å². The molecule has 3 heterocycles. The Morgan fingerprint density at radius 2 is 2.35 bits per heavy atom. The Kier molecular flexibility index (Phi) is 4.42. The van der Waals surface area contributed by atoms with E-state index in [0.717, 1.165) is 5.69 Å². The van der Waals surface area contributed by atoms with E-state index in [4.69, 9.17) is 9.47 Å². The van der Waals surface area contributed by atoms with Gasteiger partial charge in [0.2, 0.25) is 0 Å². The van der Waals surface area contributed by atoms with Crippen LogP contribution in [0.25, 0.3) is 0 Å². The second kappa shape index (κ2) is 6.66. The number of nitrogens with one attached hydrogen (secondary N) is 3. The number of pyridine rings is 1. The lowest BCUT2D eigenvalue weighted by atomic mass is 10.1. The monoisotopic (exact) mass is 318 g/mol. The summed E-state index contributed by atoms with van der Waals surface area (Å²) in [6, 6.07) is 3.48. The Hall–Kier alpha value is -2.61. The minimum atomic E-state index is -0.416. The maximum absolute atomic E-state index is 12.2. The van der Waals surface area contributed by atoms with Crippen LogP contribution in [-0.4, -0.2) is 46.2 Å². The number of hydrogen-bond acceptors (Lipinski definition) is 5. The number of aromatic nitrogens is 3. The van der Waals surface area contributed by atoms with Gasteiger partial charge in [0.25, 0.3) is 5.91 Å². The largest absolute Gasteiger partial charge is 0.484 e. The van der Waals surface area contributed by atoms with Gasteiger partial charge in [-0.15, -0.1) is 0 Å². The number of aromatic amines is 2. The van der Waals surface area contributed by atoms with E-state index < -0.39 is 5.69 Å². The predicted molar refractivity (Wildman–Crippen MR) is 81.5 cm³/mol. The van der Waals surface area contributed by atoms with Crippen LogP contribution in [0.1, 0.15) is 22.6 Å². The molecular weight excluding hydrogens is 300 g/mol. The summed E-state index contributed by atoms with van der Waals surface area (Å²) in [6.45, 7) is 2.82. The lowest BCUT2D eigenvalue weighted by molar-refractivity contribution is -0.0136. The van der Waals surface area contributed by atoms with Crippen LogP contribution in [0.15, 0.2) is 29.3 Å². The smallest absolute Gasteiger partial charge is 0.323 e. The molecule has 3 rings (SSSR count). The summed E-state index contributed by atoms with van der Waals surface area (Å²) < 4.78 is 11.3. The van der Waals surface area contributed by atoms with E-state index in [9.17, 15) is 9.59 Å². The van der Waals surface area contributed by atoms with Gasteiger partial charge in [-0.05, 0) is 25.5 Å². The van der Waals surface area contributed by atoms with Crippen LogP contribution < -0.4 is 15.7 Å². The fourth-order valence-corrected chi connectivity index (χ4v) is 2.39. The molecule has 2 atom stereocenters. The number of carbonyl (C=O) groups is 1. The van der Waals surface area contributed by atoms with Crippen LogP contribution in [0.5, 0.6) is 5.75 Å². The Balaban J connectivity index is 1.67. The summed E-state index contributed by atoms with van der Waals surface area (Å²) >= 11 is 0. The standard InChI is InChI=1S/C15H18N4O4/c1-9-2-3-10(6-16-9)23-13-8-22-5-4-11(13)18-14(20)12-7-17-15(21)19-12/h2-3,6-7,11,13H,4-5,8H2,1H3,(H,18,20)(H2,17,19,21)/t11-,13+/m1/s1. The fraction of sp³-hybridized carbons (Fsp3) is 0.400. The van der Waals surface area contributed by atoms with Crippen molar-refractivity contribution in [2.75, 3.05) is 13.2 Å². The lowest BCUT2D eigenvalue weighted by Crippen LogP contribution is -2.51. The number of carbonyl (C=O) groups excluding carboxylic acids is 1. The van der Waals surface area contributed by atoms with E-state index in [1.54, 1.807) is 6.20 Å². The number of amides is 1. The summed E-state index contributed by atoms with van der Waals surface area (Å²) in [4.78, 5) is 32.3. The quantitative estimate of drug-likeness (QED) is 0.755. The molecule has 1 amide bonds. The van der Waals surface area contributed by atoms with Gasteiger partial charge in [-0.3, -0.25) is 9.78 Å². The van der Waals surface area contributed by atoms with Gasteiger partial charge in [0.15, 0.2) is 0 Å². The van der Waals surface area contributed by atoms with Gasteiger partial charge in [0.05, 0.1) is 18.8 Å². The molecule has 23 heavy (non-hydrogen) atoms. The van der Waals surface area contributed by atoms with Crippen molar-refractivity contribution in [3.63, 3.8) is 0 Å². The number of rotatable bonds is 4. The van der Waals surface area contributed by atoms with Crippen molar-refractivity contribution in [2.24, 2.45) is 0 Å². The molecule has 2 aromatic rings. The van der Waals surface area contributed by atoms with Crippen molar-refractivity contribution in [3.05, 3.63) is 46.4 Å². The zero-order valence-electron chi connectivity index (χ0n) is 12.7. The van der Waals surface area contributed by atoms with Crippen LogP contribution in [0.4, 0.5) is 0 Å². The molecule has 1 saturated heterocycles. The zero-order valence-corrected chi connectivity index (χ0v) is 12.7. The fourth-order valence-electron chi connectivity index (χ4n) is 2.39. The second-order valence-electron chi connectivity index (χ2n) is 5.39. The minimum absolute atomic E-state index is 0.192. The normalized spacial score (nSPS) is 20.9. The summed E-state index contributed by atoms with van der Waals surface area (Å²) in [5.41, 5.74) is 0.677. The van der Waals surface area contributed by atoms with Gasteiger partial charge in [-0.25, -0.2) is 4.79 Å². The van der Waals surface area contributed by atoms with E-state index in [-0.39, 0.29) is 23.7 Å². The summed E-state index contributed by atoms with van der Waals surface area (Å²) in [5.74, 6) is 0.270. The third-order valence-corrected chi connectivity index (χ3v) is 3.63. The molecule has 0 spiro atoms. The summed E-state index contributed by atoms with van der Waals surface area (Å²) in [5, 5.41) is 2.88. The highest BCUT2D eigenvalue weighted by molar-refractivity contribution is 5.92. The average Bonchev–Trinajstić information content (AvgIpc) is 2.98. The molecular formula is C15H18N4O4. The van der Waals surface area contributed by atoms with Crippen LogP contribution >= 0.6 is 0 Å². The van der Waals surface area contributed by atoms with E-state index in [1.165, 1.54) is 6.20 Å². The molecule has 0 aromatic carbocycles. The second-order valence-corrected chi connectivity index (χ2v) is 5.39. The van der Waals surface area contributed by atoms with Crippen molar-refractivity contribution < 1.29 is 14.3 Å². The Morgan fingerprint density at radius 3 is 3.04 bits per heavy atom. The predicted octanol–water partition coefficient (Wildman–Crippen LogP) is 0.373. The highest BCUT2D eigenvalue weighted by Gasteiger charge is 2.29. The van der Waals surface area contributed by atoms with Gasteiger partial charge < -0.3 is 24.8 Å². The molecule has 0 aliphatic carbocycles. The molecule has 8 nitrogen and oxygen atoms in total. The van der Waals surface area contributed by atoms with Crippen LogP contribution in [-0.2, 0) is 4.74 Å².